The van der Waals surface area contributed by atoms with Gasteiger partial charge in [-0.3, -0.25) is 0 Å². The quantitative estimate of drug-likeness (QED) is 0.601. The van der Waals surface area contributed by atoms with Gasteiger partial charge < -0.3 is 0 Å². The van der Waals surface area contributed by atoms with Gasteiger partial charge in [0.1, 0.15) is 0 Å². The summed E-state index contributed by atoms with van der Waals surface area (Å²) < 4.78 is 43.5. The highest BCUT2D eigenvalue weighted by atomic mass is 32.3. The Kier molecular flexibility index (Phi) is 3.04. The Morgan fingerprint density at radius 2 is 1.55 bits per heavy atom. The van der Waals surface area contributed by atoms with E-state index in [2.05, 4.69) is 0 Å². The van der Waals surface area contributed by atoms with Crippen LogP contribution in [0.3, 0.4) is 0 Å². The molecule has 7 heteroatoms. The van der Waals surface area contributed by atoms with Gasteiger partial charge in [-0.05, 0) is 6.92 Å². The average molecular weight is 201 g/mol. The van der Waals surface area contributed by atoms with Gasteiger partial charge in [0.2, 0.25) is 20.0 Å². The first-order valence-electron chi connectivity index (χ1n) is 2.88. The summed E-state index contributed by atoms with van der Waals surface area (Å²) in [6.45, 7) is 1.39. The van der Waals surface area contributed by atoms with Crippen molar-refractivity contribution < 1.29 is 16.8 Å². The summed E-state index contributed by atoms with van der Waals surface area (Å²) in [5.41, 5.74) is 0. The van der Waals surface area contributed by atoms with Crippen molar-refractivity contribution in [1.29, 1.82) is 0 Å². The van der Waals surface area contributed by atoms with E-state index >= 15 is 0 Å². The van der Waals surface area contributed by atoms with E-state index in [0.717, 1.165) is 13.3 Å². The molecule has 0 saturated carbocycles. The van der Waals surface area contributed by atoms with Crippen LogP contribution in [-0.2, 0) is 20.0 Å². The minimum absolute atomic E-state index is 0.212. The zero-order valence-corrected chi connectivity index (χ0v) is 8.24. The fourth-order valence-electron chi connectivity index (χ4n) is 0.388. The van der Waals surface area contributed by atoms with E-state index < -0.39 is 20.0 Å². The number of nitrogens with zero attached hydrogens (tertiary/aromatic N) is 1. The molecule has 0 aliphatic carbocycles. The van der Waals surface area contributed by atoms with Crippen LogP contribution in [0.2, 0.25) is 0 Å². The largest absolute Gasteiger partial charge is 0.226 e. The molecule has 0 N–H and O–H groups in total. The van der Waals surface area contributed by atoms with Gasteiger partial charge in [0.05, 0.1) is 12.0 Å². The van der Waals surface area contributed by atoms with Gasteiger partial charge in [-0.2, -0.15) is 0 Å². The lowest BCUT2D eigenvalue weighted by atomic mass is 11.0. The van der Waals surface area contributed by atoms with Crippen LogP contribution >= 0.6 is 0 Å². The normalized spacial score (nSPS) is 13.8. The predicted molar refractivity (Wildman–Crippen MR) is 42.1 cm³/mol. The lowest BCUT2D eigenvalue weighted by Crippen LogP contribution is -2.33. The van der Waals surface area contributed by atoms with Gasteiger partial charge in [-0.1, -0.05) is 3.71 Å². The summed E-state index contributed by atoms with van der Waals surface area (Å²) in [6, 6.07) is 0. The second kappa shape index (κ2) is 3.08. The molecule has 0 aromatic carbocycles. The molecule has 0 spiro atoms. The second-order valence-corrected chi connectivity index (χ2v) is 6.58. The van der Waals surface area contributed by atoms with E-state index in [0.29, 0.717) is 3.71 Å². The van der Waals surface area contributed by atoms with Crippen LogP contribution in [0.25, 0.3) is 0 Å². The lowest BCUT2D eigenvalue weighted by Gasteiger charge is -2.12. The van der Waals surface area contributed by atoms with Crippen LogP contribution in [0.4, 0.5) is 0 Å². The summed E-state index contributed by atoms with van der Waals surface area (Å²) in [5, 5.41) is 0. The molecular weight excluding hydrogens is 190 g/mol. The van der Waals surface area contributed by atoms with Crippen molar-refractivity contribution in [2.75, 3.05) is 19.1 Å². The summed E-state index contributed by atoms with van der Waals surface area (Å²) >= 11 is 0. The predicted octanol–water partition coefficient (Wildman–Crippen LogP) is -0.772. The summed E-state index contributed by atoms with van der Waals surface area (Å²) in [6.07, 6.45) is 0.847. The lowest BCUT2D eigenvalue weighted by molar-refractivity contribution is 0.531. The van der Waals surface area contributed by atoms with Crippen LogP contribution in [0.15, 0.2) is 0 Å². The zero-order valence-electron chi connectivity index (χ0n) is 6.60. The van der Waals surface area contributed by atoms with Gasteiger partial charge in [-0.25, -0.2) is 16.8 Å². The van der Waals surface area contributed by atoms with E-state index in [-0.39, 0.29) is 5.75 Å². The van der Waals surface area contributed by atoms with Crippen LogP contribution < -0.4 is 0 Å². The second-order valence-electron chi connectivity index (χ2n) is 2.04. The van der Waals surface area contributed by atoms with Gasteiger partial charge in [0, 0.05) is 7.05 Å². The molecule has 0 atom stereocenters. The molecule has 68 valence electrons. The number of sulfonamides is 2. The highest BCUT2D eigenvalue weighted by Crippen LogP contribution is 2.02. The molecule has 0 aliphatic heterocycles. The molecule has 0 bridgehead atoms. The smallest absolute Gasteiger partial charge is 0.212 e. The molecule has 0 aromatic rings. The van der Waals surface area contributed by atoms with Gasteiger partial charge in [0.25, 0.3) is 0 Å². The number of rotatable bonds is 3. The molecule has 0 fully saturated rings. The molecule has 11 heavy (non-hydrogen) atoms. The third-order valence-electron chi connectivity index (χ3n) is 1.22. The van der Waals surface area contributed by atoms with E-state index in [1.165, 1.54) is 6.92 Å². The molecule has 0 aromatic heterocycles. The Balaban J connectivity index is 4.96. The van der Waals surface area contributed by atoms with Gasteiger partial charge >= 0.3 is 0 Å². The van der Waals surface area contributed by atoms with Crippen LogP contribution in [0.1, 0.15) is 6.92 Å². The van der Waals surface area contributed by atoms with E-state index in [4.69, 9.17) is 0 Å². The molecule has 0 saturated heterocycles. The highest BCUT2D eigenvalue weighted by molar-refractivity contribution is 8.03. The molecule has 0 rings (SSSR count). The first kappa shape index (κ1) is 10.9. The minimum atomic E-state index is -3.63. The van der Waals surface area contributed by atoms with Crippen molar-refractivity contribution in [2.45, 2.75) is 6.92 Å². The highest BCUT2D eigenvalue weighted by Gasteiger charge is 2.23. The van der Waals surface area contributed by atoms with Crippen LogP contribution in [0.5, 0.6) is 0 Å². The Morgan fingerprint density at radius 1 is 1.18 bits per heavy atom. The van der Waals surface area contributed by atoms with Crippen LogP contribution in [-0.4, -0.2) is 39.6 Å². The van der Waals surface area contributed by atoms with Gasteiger partial charge in [-0.15, -0.1) is 0 Å². The van der Waals surface area contributed by atoms with Crippen molar-refractivity contribution in [3.8, 4) is 0 Å². The summed E-state index contributed by atoms with van der Waals surface area (Å²) in [4.78, 5) is 0. The molecule has 0 unspecified atom stereocenters. The maximum atomic E-state index is 10.9. The first-order chi connectivity index (χ1) is 4.72. The van der Waals surface area contributed by atoms with Crippen molar-refractivity contribution in [3.05, 3.63) is 0 Å². The zero-order chi connectivity index (χ0) is 9.28. The topological polar surface area (TPSA) is 71.5 Å². The minimum Gasteiger partial charge on any atom is -0.212 e. The fraction of sp³-hybridized carbons (Fsp3) is 1.00. The van der Waals surface area contributed by atoms with Crippen LogP contribution in [0, 0.1) is 0 Å². The third-order valence-corrected chi connectivity index (χ3v) is 5.16. The Bertz CT molecular complexity index is 314. The number of hydrogen-bond acceptors (Lipinski definition) is 4. The van der Waals surface area contributed by atoms with Crippen molar-refractivity contribution in [2.24, 2.45) is 0 Å². The molecule has 0 amide bonds. The van der Waals surface area contributed by atoms with Gasteiger partial charge in [0.15, 0.2) is 0 Å². The molecule has 0 aliphatic rings. The fourth-order valence-corrected chi connectivity index (χ4v) is 2.72. The van der Waals surface area contributed by atoms with Crippen molar-refractivity contribution in [3.63, 3.8) is 0 Å². The van der Waals surface area contributed by atoms with Crippen molar-refractivity contribution >= 4 is 20.0 Å². The Morgan fingerprint density at radius 3 is 1.64 bits per heavy atom. The molecule has 0 radical (unpaired) electrons. The first-order valence-corrected chi connectivity index (χ1v) is 6.34. The summed E-state index contributed by atoms with van der Waals surface area (Å²) in [5.74, 6) is -0.212. The molecular formula is C4H11NO4S2. The summed E-state index contributed by atoms with van der Waals surface area (Å²) in [7, 11) is -6.22. The van der Waals surface area contributed by atoms with E-state index in [1.807, 2.05) is 0 Å². The molecule has 0 heterocycles. The van der Waals surface area contributed by atoms with E-state index in [9.17, 15) is 16.8 Å². The van der Waals surface area contributed by atoms with E-state index in [1.54, 1.807) is 0 Å². The molecule has 5 nitrogen and oxygen atoms in total. The standard InChI is InChI=1S/C4H11NO4S2/c1-4-11(8,9)5(2)10(3,6)7/h4H2,1-3H3. The maximum absolute atomic E-state index is 10.9. The maximum Gasteiger partial charge on any atom is 0.226 e. The average Bonchev–Trinajstić information content (AvgIpc) is 1.84. The Labute approximate surface area is 67.1 Å². The van der Waals surface area contributed by atoms with Crippen molar-refractivity contribution in [1.82, 2.24) is 3.71 Å². The Hall–Kier alpha value is -0.140. The third kappa shape index (κ3) is 2.76. The monoisotopic (exact) mass is 201 g/mol. The number of hydrogen-bond donors (Lipinski definition) is 0. The SMILES string of the molecule is CCS(=O)(=O)N(C)S(C)(=O)=O.